The molecule has 2 N–H and O–H groups in total. The van der Waals surface area contributed by atoms with Crippen LogP contribution in [0.2, 0.25) is 0 Å². The molecule has 0 atom stereocenters. The lowest BCUT2D eigenvalue weighted by Gasteiger charge is -2.13. The van der Waals surface area contributed by atoms with E-state index in [0.29, 0.717) is 24.2 Å². The number of benzene rings is 1. The lowest BCUT2D eigenvalue weighted by Crippen LogP contribution is -2.42. The zero-order valence-corrected chi connectivity index (χ0v) is 15.1. The number of carbonyl (C=O) groups excluding carboxylic acids is 3. The van der Waals surface area contributed by atoms with Crippen LogP contribution in [0.1, 0.15) is 34.1 Å². The van der Waals surface area contributed by atoms with Crippen molar-refractivity contribution in [3.63, 3.8) is 0 Å². The number of rotatable bonds is 7. The van der Waals surface area contributed by atoms with Gasteiger partial charge in [0.25, 0.3) is 11.8 Å². The van der Waals surface area contributed by atoms with E-state index in [0.717, 1.165) is 22.3 Å². The third-order valence-electron chi connectivity index (χ3n) is 3.29. The van der Waals surface area contributed by atoms with Crippen molar-refractivity contribution in [1.82, 2.24) is 15.5 Å². The molecule has 0 fully saturated rings. The molecule has 0 saturated heterocycles. The number of nitrogens with one attached hydrogen (secondary N) is 2. The Kier molecular flexibility index (Phi) is 7.67. The summed E-state index contributed by atoms with van der Waals surface area (Å²) in [6.07, 6.45) is 1.03. The van der Waals surface area contributed by atoms with Crippen molar-refractivity contribution in [2.75, 3.05) is 26.2 Å². The fraction of sp³-hybridized carbons (Fsp3) is 0.400. The fourth-order valence-electron chi connectivity index (χ4n) is 2.20. The maximum Gasteiger partial charge on any atom is 0.262 e. The number of halogens is 2. The molecule has 0 aromatic heterocycles. The number of nitrogens with zero attached hydrogens (tertiary/aromatic N) is 1. The Labute approximate surface area is 149 Å². The minimum absolute atomic E-state index is 0. The predicted octanol–water partition coefficient (Wildman–Crippen LogP) is 1.58. The minimum Gasteiger partial charge on any atom is -0.353 e. The van der Waals surface area contributed by atoms with Crippen LogP contribution >= 0.6 is 28.3 Å². The number of hydrogen-bond donors (Lipinski definition) is 2. The van der Waals surface area contributed by atoms with E-state index in [1.807, 2.05) is 0 Å². The first-order valence-corrected chi connectivity index (χ1v) is 7.97. The summed E-state index contributed by atoms with van der Waals surface area (Å²) in [5.41, 5.74) is 0.669. The van der Waals surface area contributed by atoms with Crippen molar-refractivity contribution in [3.8, 4) is 0 Å². The summed E-state index contributed by atoms with van der Waals surface area (Å²) in [5, 5.41) is 5.85. The molecule has 0 bridgehead atoms. The molecule has 126 valence electrons. The molecule has 0 radical (unpaired) electrons. The van der Waals surface area contributed by atoms with E-state index in [1.54, 1.807) is 18.2 Å². The molecule has 6 nitrogen and oxygen atoms in total. The molecule has 1 aromatic carbocycles. The third-order valence-corrected chi connectivity index (χ3v) is 3.78. The molecular weight excluding hydrogens is 386 g/mol. The zero-order valence-electron chi connectivity index (χ0n) is 12.7. The monoisotopic (exact) mass is 403 g/mol. The van der Waals surface area contributed by atoms with Gasteiger partial charge in [0, 0.05) is 17.6 Å². The summed E-state index contributed by atoms with van der Waals surface area (Å²) >= 11 is 3.27. The molecule has 8 heteroatoms. The second-order valence-corrected chi connectivity index (χ2v) is 5.90. The maximum atomic E-state index is 12.2. The highest BCUT2D eigenvalue weighted by Crippen LogP contribution is 2.25. The van der Waals surface area contributed by atoms with Gasteiger partial charge in [-0.15, -0.1) is 12.4 Å². The Morgan fingerprint density at radius 2 is 1.83 bits per heavy atom. The van der Waals surface area contributed by atoms with Gasteiger partial charge in [-0.3, -0.25) is 19.3 Å². The highest BCUT2D eigenvalue weighted by molar-refractivity contribution is 9.10. The lowest BCUT2D eigenvalue weighted by atomic mass is 10.1. The Morgan fingerprint density at radius 3 is 2.52 bits per heavy atom. The van der Waals surface area contributed by atoms with Crippen molar-refractivity contribution in [3.05, 3.63) is 33.8 Å². The first-order chi connectivity index (χ1) is 10.5. The first kappa shape index (κ1) is 19.6. The van der Waals surface area contributed by atoms with Crippen LogP contribution in [0.15, 0.2) is 22.7 Å². The van der Waals surface area contributed by atoms with E-state index in [-0.39, 0.29) is 24.9 Å². The molecule has 0 saturated carbocycles. The van der Waals surface area contributed by atoms with Crippen LogP contribution in [0.4, 0.5) is 0 Å². The molecule has 23 heavy (non-hydrogen) atoms. The molecule has 2 rings (SSSR count). The highest BCUT2D eigenvalue weighted by Gasteiger charge is 2.36. The molecule has 0 spiro atoms. The summed E-state index contributed by atoms with van der Waals surface area (Å²) < 4.78 is 0.723. The van der Waals surface area contributed by atoms with Crippen molar-refractivity contribution in [2.45, 2.75) is 13.3 Å². The molecule has 1 aromatic rings. The van der Waals surface area contributed by atoms with Crippen LogP contribution in [-0.4, -0.2) is 48.8 Å². The number of carbonyl (C=O) groups is 3. The van der Waals surface area contributed by atoms with Crippen LogP contribution in [0.25, 0.3) is 0 Å². The SMILES string of the molecule is CCCNCCNC(=O)CN1C(=O)c2ccc(Br)cc2C1=O.Cl. The summed E-state index contributed by atoms with van der Waals surface area (Å²) in [5.74, 6) is -1.20. The lowest BCUT2D eigenvalue weighted by molar-refractivity contribution is -0.121. The standard InChI is InChI=1S/C15H18BrN3O3.ClH/c1-2-5-17-6-7-18-13(20)9-19-14(21)11-4-3-10(16)8-12(11)15(19)22;/h3-4,8,17H,2,5-7,9H2,1H3,(H,18,20);1H. The Bertz CT molecular complexity index is 610. The normalized spacial score (nSPS) is 12.9. The quantitative estimate of drug-likeness (QED) is 0.534. The molecule has 0 aliphatic carbocycles. The Morgan fingerprint density at radius 1 is 1.13 bits per heavy atom. The summed E-state index contributed by atoms with van der Waals surface area (Å²) in [7, 11) is 0. The smallest absolute Gasteiger partial charge is 0.262 e. The van der Waals surface area contributed by atoms with E-state index in [4.69, 9.17) is 0 Å². The number of fused-ring (bicyclic) bond motifs is 1. The van der Waals surface area contributed by atoms with Gasteiger partial charge in [-0.05, 0) is 31.2 Å². The van der Waals surface area contributed by atoms with E-state index < -0.39 is 11.8 Å². The molecule has 1 heterocycles. The van der Waals surface area contributed by atoms with Crippen molar-refractivity contribution in [1.29, 1.82) is 0 Å². The molecular formula is C15H19BrClN3O3. The topological polar surface area (TPSA) is 78.5 Å². The van der Waals surface area contributed by atoms with Gasteiger partial charge in [-0.1, -0.05) is 22.9 Å². The van der Waals surface area contributed by atoms with Crippen LogP contribution in [0, 0.1) is 0 Å². The van der Waals surface area contributed by atoms with Crippen LogP contribution in [0.5, 0.6) is 0 Å². The van der Waals surface area contributed by atoms with Crippen LogP contribution < -0.4 is 10.6 Å². The van der Waals surface area contributed by atoms with Gasteiger partial charge < -0.3 is 10.6 Å². The van der Waals surface area contributed by atoms with Gasteiger partial charge in [-0.25, -0.2) is 0 Å². The highest BCUT2D eigenvalue weighted by atomic mass is 79.9. The average Bonchev–Trinajstić information content (AvgIpc) is 2.72. The maximum absolute atomic E-state index is 12.2. The van der Waals surface area contributed by atoms with Gasteiger partial charge in [0.05, 0.1) is 11.1 Å². The third kappa shape index (κ3) is 4.76. The Hall–Kier alpha value is -1.44. The zero-order chi connectivity index (χ0) is 16.1. The van der Waals surface area contributed by atoms with Crippen molar-refractivity contribution < 1.29 is 14.4 Å². The van der Waals surface area contributed by atoms with Crippen LogP contribution in [-0.2, 0) is 4.79 Å². The van der Waals surface area contributed by atoms with E-state index in [1.165, 1.54) is 0 Å². The van der Waals surface area contributed by atoms with Gasteiger partial charge in [0.15, 0.2) is 0 Å². The van der Waals surface area contributed by atoms with Gasteiger partial charge in [0.2, 0.25) is 5.91 Å². The number of hydrogen-bond acceptors (Lipinski definition) is 4. The summed E-state index contributed by atoms with van der Waals surface area (Å²) in [6, 6.07) is 4.89. The predicted molar refractivity (Wildman–Crippen MR) is 92.9 cm³/mol. The van der Waals surface area contributed by atoms with E-state index in [2.05, 4.69) is 33.5 Å². The van der Waals surface area contributed by atoms with Crippen molar-refractivity contribution in [2.24, 2.45) is 0 Å². The molecule has 1 aliphatic heterocycles. The fourth-order valence-corrected chi connectivity index (χ4v) is 2.56. The Balaban J connectivity index is 0.00000264. The summed E-state index contributed by atoms with van der Waals surface area (Å²) in [4.78, 5) is 37.2. The van der Waals surface area contributed by atoms with E-state index in [9.17, 15) is 14.4 Å². The largest absolute Gasteiger partial charge is 0.353 e. The second-order valence-electron chi connectivity index (χ2n) is 4.99. The number of imide groups is 1. The van der Waals surface area contributed by atoms with Crippen molar-refractivity contribution >= 4 is 46.1 Å². The number of amides is 3. The second kappa shape index (κ2) is 9.00. The summed E-state index contributed by atoms with van der Waals surface area (Å²) in [6.45, 7) is 3.83. The molecule has 0 unspecified atom stereocenters. The van der Waals surface area contributed by atoms with Gasteiger partial charge >= 0.3 is 0 Å². The first-order valence-electron chi connectivity index (χ1n) is 7.17. The van der Waals surface area contributed by atoms with Crippen LogP contribution in [0.3, 0.4) is 0 Å². The van der Waals surface area contributed by atoms with Gasteiger partial charge in [-0.2, -0.15) is 0 Å². The minimum atomic E-state index is -0.430. The molecule has 3 amide bonds. The van der Waals surface area contributed by atoms with Gasteiger partial charge in [0.1, 0.15) is 6.54 Å². The molecule has 1 aliphatic rings. The van der Waals surface area contributed by atoms with E-state index >= 15 is 0 Å². The average molecular weight is 405 g/mol.